The minimum Gasteiger partial charge on any atom is -0.325 e. The van der Waals surface area contributed by atoms with Crippen molar-refractivity contribution >= 4 is 22.8 Å². The fraction of sp³-hybridized carbons (Fsp3) is 0.238. The Morgan fingerprint density at radius 1 is 1.00 bits per heavy atom. The van der Waals surface area contributed by atoms with E-state index in [-0.39, 0.29) is 18.6 Å². The number of pyridine rings is 1. The lowest BCUT2D eigenvalue weighted by atomic mass is 10.2. The molecule has 0 unspecified atom stereocenters. The zero-order valence-electron chi connectivity index (χ0n) is 16.2. The van der Waals surface area contributed by atoms with Gasteiger partial charge in [-0.05, 0) is 29.3 Å². The number of halogens is 1. The summed E-state index contributed by atoms with van der Waals surface area (Å²) >= 11 is 5.96. The highest BCUT2D eigenvalue weighted by Crippen LogP contribution is 2.14. The molecular formula is C21H20ClN5O2. The molecule has 3 aromatic heterocycles. The summed E-state index contributed by atoms with van der Waals surface area (Å²) in [5, 5.41) is 0.602. The molecule has 148 valence electrons. The van der Waals surface area contributed by atoms with Crippen molar-refractivity contribution in [1.82, 2.24) is 23.7 Å². The molecular weight excluding hydrogens is 390 g/mol. The molecule has 0 radical (unpaired) electrons. The average molecular weight is 410 g/mol. The SMILES string of the molecule is CCc1nc2c(c(=O)n(Cc3ccc(Cl)cc3)c(=O)n2Cc2cccnc2)n1C. The van der Waals surface area contributed by atoms with E-state index in [1.54, 1.807) is 40.7 Å². The van der Waals surface area contributed by atoms with Gasteiger partial charge in [-0.3, -0.25) is 18.9 Å². The van der Waals surface area contributed by atoms with Crippen LogP contribution in [0.4, 0.5) is 0 Å². The van der Waals surface area contributed by atoms with Crippen LogP contribution in [0.2, 0.25) is 5.02 Å². The number of fused-ring (bicyclic) bond motifs is 1. The molecule has 8 heteroatoms. The zero-order chi connectivity index (χ0) is 20.5. The fourth-order valence-electron chi connectivity index (χ4n) is 3.45. The van der Waals surface area contributed by atoms with Crippen LogP contribution in [0.3, 0.4) is 0 Å². The summed E-state index contributed by atoms with van der Waals surface area (Å²) in [5.41, 5.74) is 1.74. The number of benzene rings is 1. The van der Waals surface area contributed by atoms with E-state index in [4.69, 9.17) is 11.6 Å². The summed E-state index contributed by atoms with van der Waals surface area (Å²) in [6.45, 7) is 2.41. The van der Waals surface area contributed by atoms with E-state index in [0.717, 1.165) is 17.0 Å². The Balaban J connectivity index is 1.95. The van der Waals surface area contributed by atoms with Gasteiger partial charge in [0.25, 0.3) is 5.56 Å². The predicted molar refractivity (Wildman–Crippen MR) is 113 cm³/mol. The molecule has 0 saturated carbocycles. The summed E-state index contributed by atoms with van der Waals surface area (Å²) in [6.07, 6.45) is 4.04. The first-order valence-electron chi connectivity index (χ1n) is 9.32. The van der Waals surface area contributed by atoms with Crippen molar-refractivity contribution in [2.75, 3.05) is 0 Å². The van der Waals surface area contributed by atoms with Crippen molar-refractivity contribution in [2.45, 2.75) is 26.4 Å². The quantitative estimate of drug-likeness (QED) is 0.507. The molecule has 0 atom stereocenters. The molecule has 0 saturated heterocycles. The molecule has 3 heterocycles. The van der Waals surface area contributed by atoms with Crippen LogP contribution in [0.5, 0.6) is 0 Å². The minimum atomic E-state index is -0.401. The van der Waals surface area contributed by atoms with Crippen LogP contribution in [-0.2, 0) is 26.6 Å². The topological polar surface area (TPSA) is 74.7 Å². The van der Waals surface area contributed by atoms with Gasteiger partial charge in [0, 0.05) is 30.9 Å². The van der Waals surface area contributed by atoms with E-state index < -0.39 is 5.69 Å². The van der Waals surface area contributed by atoms with Crippen molar-refractivity contribution in [2.24, 2.45) is 7.05 Å². The van der Waals surface area contributed by atoms with Crippen molar-refractivity contribution in [1.29, 1.82) is 0 Å². The second-order valence-electron chi connectivity index (χ2n) is 6.86. The molecule has 0 aliphatic heterocycles. The summed E-state index contributed by atoms with van der Waals surface area (Å²) in [4.78, 5) is 35.3. The van der Waals surface area contributed by atoms with Gasteiger partial charge < -0.3 is 4.57 Å². The predicted octanol–water partition coefficient (Wildman–Crippen LogP) is 2.60. The molecule has 1 aromatic carbocycles. The summed E-state index contributed by atoms with van der Waals surface area (Å²) < 4.78 is 4.57. The van der Waals surface area contributed by atoms with Gasteiger partial charge in [0.1, 0.15) is 5.82 Å². The summed E-state index contributed by atoms with van der Waals surface area (Å²) in [7, 11) is 1.81. The van der Waals surface area contributed by atoms with E-state index in [2.05, 4.69) is 9.97 Å². The largest absolute Gasteiger partial charge is 0.333 e. The smallest absolute Gasteiger partial charge is 0.325 e. The van der Waals surface area contributed by atoms with Crippen molar-refractivity contribution in [3.05, 3.63) is 91.6 Å². The molecule has 0 N–H and O–H groups in total. The number of aryl methyl sites for hydroxylation is 2. The Hall–Kier alpha value is -3.19. The highest BCUT2D eigenvalue weighted by Gasteiger charge is 2.20. The van der Waals surface area contributed by atoms with Gasteiger partial charge in [-0.2, -0.15) is 0 Å². The van der Waals surface area contributed by atoms with Gasteiger partial charge in [0.05, 0.1) is 13.1 Å². The van der Waals surface area contributed by atoms with Crippen LogP contribution in [0.1, 0.15) is 23.9 Å². The Morgan fingerprint density at radius 3 is 2.38 bits per heavy atom. The lowest BCUT2D eigenvalue weighted by Gasteiger charge is -2.12. The van der Waals surface area contributed by atoms with E-state index in [1.165, 1.54) is 4.57 Å². The minimum absolute atomic E-state index is 0.157. The molecule has 0 aliphatic carbocycles. The number of hydrogen-bond acceptors (Lipinski definition) is 4. The Morgan fingerprint density at radius 2 is 1.72 bits per heavy atom. The van der Waals surface area contributed by atoms with E-state index in [0.29, 0.717) is 22.6 Å². The van der Waals surface area contributed by atoms with Gasteiger partial charge in [0.15, 0.2) is 11.2 Å². The van der Waals surface area contributed by atoms with Crippen molar-refractivity contribution in [3.63, 3.8) is 0 Å². The lowest BCUT2D eigenvalue weighted by Crippen LogP contribution is -2.41. The third-order valence-corrected chi connectivity index (χ3v) is 5.22. The highest BCUT2D eigenvalue weighted by atomic mass is 35.5. The second kappa shape index (κ2) is 7.67. The van der Waals surface area contributed by atoms with Gasteiger partial charge in [-0.1, -0.05) is 36.7 Å². The van der Waals surface area contributed by atoms with Crippen LogP contribution < -0.4 is 11.2 Å². The molecule has 0 bridgehead atoms. The monoisotopic (exact) mass is 409 g/mol. The second-order valence-corrected chi connectivity index (χ2v) is 7.30. The van der Waals surface area contributed by atoms with Gasteiger partial charge >= 0.3 is 5.69 Å². The Kier molecular flexibility index (Phi) is 5.07. The van der Waals surface area contributed by atoms with Gasteiger partial charge in [-0.25, -0.2) is 9.78 Å². The van der Waals surface area contributed by atoms with Crippen LogP contribution in [0.15, 0.2) is 58.4 Å². The van der Waals surface area contributed by atoms with Crippen LogP contribution in [0, 0.1) is 0 Å². The maximum absolute atomic E-state index is 13.3. The molecule has 0 aliphatic rings. The highest BCUT2D eigenvalue weighted by molar-refractivity contribution is 6.30. The molecule has 7 nitrogen and oxygen atoms in total. The molecule has 0 spiro atoms. The molecule has 0 amide bonds. The summed E-state index contributed by atoms with van der Waals surface area (Å²) in [5.74, 6) is 0.751. The zero-order valence-corrected chi connectivity index (χ0v) is 16.9. The Bertz CT molecular complexity index is 1290. The van der Waals surface area contributed by atoms with Crippen molar-refractivity contribution < 1.29 is 0 Å². The third-order valence-electron chi connectivity index (χ3n) is 4.97. The first kappa shape index (κ1) is 19.1. The number of imidazole rings is 1. The van der Waals surface area contributed by atoms with Gasteiger partial charge in [0.2, 0.25) is 0 Å². The number of rotatable bonds is 5. The normalized spacial score (nSPS) is 11.3. The number of aromatic nitrogens is 5. The summed E-state index contributed by atoms with van der Waals surface area (Å²) in [6, 6.07) is 10.8. The number of nitrogens with zero attached hydrogens (tertiary/aromatic N) is 5. The first-order chi connectivity index (χ1) is 14.0. The molecule has 29 heavy (non-hydrogen) atoms. The van der Waals surface area contributed by atoms with Crippen LogP contribution in [-0.4, -0.2) is 23.7 Å². The van der Waals surface area contributed by atoms with Crippen LogP contribution in [0.25, 0.3) is 11.2 Å². The molecule has 0 fully saturated rings. The lowest BCUT2D eigenvalue weighted by molar-refractivity contribution is 0.629. The average Bonchev–Trinajstić information content (AvgIpc) is 3.07. The van der Waals surface area contributed by atoms with E-state index in [9.17, 15) is 9.59 Å². The fourth-order valence-corrected chi connectivity index (χ4v) is 3.58. The van der Waals surface area contributed by atoms with Gasteiger partial charge in [-0.15, -0.1) is 0 Å². The van der Waals surface area contributed by atoms with Crippen molar-refractivity contribution in [3.8, 4) is 0 Å². The standard InChI is InChI=1S/C21H20ClN5O2/c1-3-17-24-19-18(25(17)2)20(28)27(12-14-6-8-16(22)9-7-14)21(29)26(19)13-15-5-4-10-23-11-15/h4-11H,3,12-13H2,1-2H3. The third kappa shape index (κ3) is 3.49. The maximum Gasteiger partial charge on any atom is 0.333 e. The maximum atomic E-state index is 13.3. The van der Waals surface area contributed by atoms with Crippen LogP contribution >= 0.6 is 11.6 Å². The number of hydrogen-bond donors (Lipinski definition) is 0. The first-order valence-corrected chi connectivity index (χ1v) is 9.69. The molecule has 4 rings (SSSR count). The van der Waals surface area contributed by atoms with E-state index in [1.807, 2.05) is 31.2 Å². The molecule has 4 aromatic rings. The van der Waals surface area contributed by atoms with E-state index >= 15 is 0 Å². The Labute approximate surface area is 171 Å².